The second-order valence-corrected chi connectivity index (χ2v) is 11.5. The SMILES string of the molecule is CCCC(CC(CCC)CC(CCC)C(C)c1ccccc1)CC(CCC)C(C)c1ccccc1. The number of hydrogen-bond acceptors (Lipinski definition) is 0. The van der Waals surface area contributed by atoms with Gasteiger partial charge in [-0.2, -0.15) is 0 Å². The third-order valence-electron chi connectivity index (χ3n) is 8.72. The summed E-state index contributed by atoms with van der Waals surface area (Å²) in [6.45, 7) is 14.5. The molecule has 0 amide bonds. The van der Waals surface area contributed by atoms with Gasteiger partial charge in [-0.1, -0.05) is 154 Å². The van der Waals surface area contributed by atoms with Crippen molar-refractivity contribution in [3.05, 3.63) is 71.8 Å². The highest BCUT2D eigenvalue weighted by atomic mass is 14.3. The van der Waals surface area contributed by atoms with E-state index in [4.69, 9.17) is 0 Å². The molecule has 0 heterocycles. The van der Waals surface area contributed by atoms with Crippen molar-refractivity contribution in [3.63, 3.8) is 0 Å². The minimum atomic E-state index is 0.658. The van der Waals surface area contributed by atoms with Crippen LogP contribution in [0.5, 0.6) is 0 Å². The Labute approximate surface area is 219 Å². The lowest BCUT2D eigenvalue weighted by Crippen LogP contribution is -2.21. The lowest BCUT2D eigenvalue weighted by molar-refractivity contribution is 0.217. The maximum atomic E-state index is 2.49. The molecule has 0 aliphatic heterocycles. The Hall–Kier alpha value is -1.56. The molecule has 0 radical (unpaired) electrons. The molecule has 2 aromatic carbocycles. The second-order valence-electron chi connectivity index (χ2n) is 11.5. The first-order valence-corrected chi connectivity index (χ1v) is 15.1. The van der Waals surface area contributed by atoms with Gasteiger partial charge >= 0.3 is 0 Å². The Kier molecular flexibility index (Phi) is 14.4. The quantitative estimate of drug-likeness (QED) is 0.201. The number of benzene rings is 2. The van der Waals surface area contributed by atoms with Gasteiger partial charge in [-0.3, -0.25) is 0 Å². The Morgan fingerprint density at radius 1 is 0.457 bits per heavy atom. The van der Waals surface area contributed by atoms with Gasteiger partial charge in [-0.15, -0.1) is 0 Å². The van der Waals surface area contributed by atoms with Crippen LogP contribution in [-0.4, -0.2) is 0 Å². The minimum absolute atomic E-state index is 0.658. The van der Waals surface area contributed by atoms with Gasteiger partial charge in [-0.25, -0.2) is 0 Å². The first-order chi connectivity index (χ1) is 17.0. The van der Waals surface area contributed by atoms with Crippen LogP contribution in [0, 0.1) is 23.7 Å². The highest BCUT2D eigenvalue weighted by Gasteiger charge is 2.27. The van der Waals surface area contributed by atoms with E-state index in [1.54, 1.807) is 0 Å². The van der Waals surface area contributed by atoms with Gasteiger partial charge in [-0.05, 0) is 65.9 Å². The summed E-state index contributed by atoms with van der Waals surface area (Å²) in [6.07, 6.45) is 15.0. The zero-order chi connectivity index (χ0) is 25.5. The predicted octanol–water partition coefficient (Wildman–Crippen LogP) is 11.4. The van der Waals surface area contributed by atoms with E-state index in [1.807, 2.05) is 0 Å². The van der Waals surface area contributed by atoms with Crippen LogP contribution < -0.4 is 0 Å². The van der Waals surface area contributed by atoms with Crippen molar-refractivity contribution in [2.45, 2.75) is 124 Å². The fraction of sp³-hybridized carbons (Fsp3) is 0.657. The highest BCUT2D eigenvalue weighted by molar-refractivity contribution is 5.20. The van der Waals surface area contributed by atoms with E-state index in [-0.39, 0.29) is 0 Å². The first kappa shape index (κ1) is 29.7. The average molecular weight is 477 g/mol. The molecule has 0 saturated carbocycles. The van der Waals surface area contributed by atoms with Crippen molar-refractivity contribution in [1.82, 2.24) is 0 Å². The maximum absolute atomic E-state index is 2.49. The molecule has 0 N–H and O–H groups in total. The molecule has 2 aromatic rings. The summed E-state index contributed by atoms with van der Waals surface area (Å²) in [6, 6.07) is 22.6. The third-order valence-corrected chi connectivity index (χ3v) is 8.72. The second kappa shape index (κ2) is 17.0. The van der Waals surface area contributed by atoms with Gasteiger partial charge in [0, 0.05) is 0 Å². The van der Waals surface area contributed by atoms with Gasteiger partial charge in [0.1, 0.15) is 0 Å². The molecule has 35 heavy (non-hydrogen) atoms. The van der Waals surface area contributed by atoms with E-state index < -0.39 is 0 Å². The molecule has 2 rings (SSSR count). The van der Waals surface area contributed by atoms with E-state index in [1.165, 1.54) is 81.8 Å². The van der Waals surface area contributed by atoms with Crippen molar-refractivity contribution in [3.8, 4) is 0 Å². The van der Waals surface area contributed by atoms with Gasteiger partial charge < -0.3 is 0 Å². The zero-order valence-corrected chi connectivity index (χ0v) is 24.0. The summed E-state index contributed by atoms with van der Waals surface area (Å²) in [7, 11) is 0. The smallest absolute Gasteiger partial charge is 0.0162 e. The average Bonchev–Trinajstić information content (AvgIpc) is 2.88. The number of rotatable bonds is 18. The van der Waals surface area contributed by atoms with Crippen molar-refractivity contribution in [2.75, 3.05) is 0 Å². The van der Waals surface area contributed by atoms with E-state index >= 15 is 0 Å². The van der Waals surface area contributed by atoms with Gasteiger partial charge in [0.2, 0.25) is 0 Å². The molecule has 0 bridgehead atoms. The van der Waals surface area contributed by atoms with Gasteiger partial charge in [0.25, 0.3) is 0 Å². The van der Waals surface area contributed by atoms with Gasteiger partial charge in [0.15, 0.2) is 0 Å². The van der Waals surface area contributed by atoms with Crippen molar-refractivity contribution >= 4 is 0 Å². The zero-order valence-electron chi connectivity index (χ0n) is 24.0. The first-order valence-electron chi connectivity index (χ1n) is 15.1. The van der Waals surface area contributed by atoms with E-state index in [0.717, 1.165) is 23.7 Å². The van der Waals surface area contributed by atoms with Crippen LogP contribution in [-0.2, 0) is 0 Å². The molecule has 0 aliphatic rings. The summed E-state index contributed by atoms with van der Waals surface area (Å²) in [5.74, 6) is 4.66. The maximum Gasteiger partial charge on any atom is -0.0162 e. The summed E-state index contributed by atoms with van der Waals surface area (Å²) in [5, 5.41) is 0. The standard InChI is InChI=1S/C35H56/c1-7-17-30(26-34(19-9-3)28(5)32-21-13-11-14-22-32)25-31(18-8-2)27-35(20-10-4)29(6)33-23-15-12-16-24-33/h11-16,21-24,28-31,34-35H,7-10,17-20,25-27H2,1-6H3. The molecule has 0 saturated heterocycles. The Morgan fingerprint density at radius 2 is 0.800 bits per heavy atom. The molecule has 0 spiro atoms. The molecule has 0 fully saturated rings. The van der Waals surface area contributed by atoms with Crippen LogP contribution in [0.25, 0.3) is 0 Å². The molecule has 196 valence electrons. The predicted molar refractivity (Wildman–Crippen MR) is 157 cm³/mol. The largest absolute Gasteiger partial charge is 0.0654 e. The van der Waals surface area contributed by atoms with E-state index in [0.29, 0.717) is 11.8 Å². The van der Waals surface area contributed by atoms with Crippen LogP contribution in [0.1, 0.15) is 135 Å². The van der Waals surface area contributed by atoms with Gasteiger partial charge in [0.05, 0.1) is 0 Å². The summed E-state index contributed by atoms with van der Waals surface area (Å²) >= 11 is 0. The Balaban J connectivity index is 2.14. The number of hydrogen-bond donors (Lipinski definition) is 0. The summed E-state index contributed by atoms with van der Waals surface area (Å²) in [5.41, 5.74) is 3.07. The summed E-state index contributed by atoms with van der Waals surface area (Å²) < 4.78 is 0. The molecule has 0 aliphatic carbocycles. The molecule has 6 unspecified atom stereocenters. The van der Waals surface area contributed by atoms with E-state index in [9.17, 15) is 0 Å². The van der Waals surface area contributed by atoms with Crippen molar-refractivity contribution in [2.24, 2.45) is 23.7 Å². The Morgan fingerprint density at radius 3 is 1.11 bits per heavy atom. The van der Waals surface area contributed by atoms with Crippen LogP contribution in [0.2, 0.25) is 0 Å². The van der Waals surface area contributed by atoms with Crippen LogP contribution in [0.3, 0.4) is 0 Å². The van der Waals surface area contributed by atoms with Crippen molar-refractivity contribution in [1.29, 1.82) is 0 Å². The third kappa shape index (κ3) is 10.1. The lowest BCUT2D eigenvalue weighted by Gasteiger charge is -2.33. The molecule has 6 atom stereocenters. The summed E-state index contributed by atoms with van der Waals surface area (Å²) in [4.78, 5) is 0. The minimum Gasteiger partial charge on any atom is -0.0654 e. The van der Waals surface area contributed by atoms with E-state index in [2.05, 4.69) is 102 Å². The monoisotopic (exact) mass is 476 g/mol. The molecular formula is C35H56. The highest BCUT2D eigenvalue weighted by Crippen LogP contribution is 2.40. The van der Waals surface area contributed by atoms with Crippen LogP contribution >= 0.6 is 0 Å². The fourth-order valence-corrected chi connectivity index (χ4v) is 6.75. The molecular weight excluding hydrogens is 420 g/mol. The lowest BCUT2D eigenvalue weighted by atomic mass is 9.72. The molecule has 0 nitrogen and oxygen atoms in total. The fourth-order valence-electron chi connectivity index (χ4n) is 6.75. The topological polar surface area (TPSA) is 0 Å². The van der Waals surface area contributed by atoms with Crippen molar-refractivity contribution < 1.29 is 0 Å². The molecule has 0 heteroatoms. The van der Waals surface area contributed by atoms with Crippen LogP contribution in [0.4, 0.5) is 0 Å². The normalized spacial score (nSPS) is 16.9. The Bertz CT molecular complexity index is 683. The van der Waals surface area contributed by atoms with Crippen LogP contribution in [0.15, 0.2) is 60.7 Å². The molecule has 0 aromatic heterocycles.